The van der Waals surface area contributed by atoms with E-state index in [1.807, 2.05) is 38.1 Å². The second-order valence-electron chi connectivity index (χ2n) is 6.62. The summed E-state index contributed by atoms with van der Waals surface area (Å²) in [4.78, 5) is 20.3. The molecule has 0 fully saturated rings. The second kappa shape index (κ2) is 5.31. The van der Waals surface area contributed by atoms with E-state index in [1.54, 1.807) is 15.9 Å². The van der Waals surface area contributed by atoms with Gasteiger partial charge in [-0.15, -0.1) is 11.3 Å². The van der Waals surface area contributed by atoms with Crippen LogP contribution in [0.15, 0.2) is 29.1 Å². The molecule has 0 bridgehead atoms. The normalized spacial score (nSPS) is 17.4. The molecule has 0 spiro atoms. The number of aryl methyl sites for hydroxylation is 3. The highest BCUT2D eigenvalue weighted by Gasteiger charge is 2.24. The molecule has 0 radical (unpaired) electrons. The van der Waals surface area contributed by atoms with E-state index in [1.165, 1.54) is 10.4 Å². The first-order chi connectivity index (χ1) is 11.1. The van der Waals surface area contributed by atoms with E-state index in [9.17, 15) is 4.79 Å². The molecule has 1 aliphatic rings. The Kier molecular flexibility index (Phi) is 3.38. The molecule has 4 heteroatoms. The van der Waals surface area contributed by atoms with Crippen LogP contribution in [-0.4, -0.2) is 9.55 Å². The zero-order valence-corrected chi connectivity index (χ0v) is 14.5. The summed E-state index contributed by atoms with van der Waals surface area (Å²) in [6, 6.07) is 8.01. The van der Waals surface area contributed by atoms with Crippen molar-refractivity contribution >= 4 is 21.6 Å². The Morgan fingerprint density at radius 1 is 1.26 bits per heavy atom. The summed E-state index contributed by atoms with van der Waals surface area (Å²) in [5.74, 6) is 1.47. The number of rotatable bonds is 1. The predicted molar refractivity (Wildman–Crippen MR) is 95.9 cm³/mol. The maximum absolute atomic E-state index is 13.2. The van der Waals surface area contributed by atoms with Crippen LogP contribution in [0.3, 0.4) is 0 Å². The minimum absolute atomic E-state index is 0.0915. The molecule has 1 aliphatic carbocycles. The molecule has 2 aromatic heterocycles. The van der Waals surface area contributed by atoms with Crippen molar-refractivity contribution < 1.29 is 0 Å². The van der Waals surface area contributed by atoms with Crippen LogP contribution in [0, 0.1) is 19.8 Å². The molecule has 1 atom stereocenters. The zero-order valence-electron chi connectivity index (χ0n) is 13.7. The molecular formula is C19H20N2OS. The maximum Gasteiger partial charge on any atom is 0.267 e. The molecule has 3 aromatic rings. The number of hydrogen-bond donors (Lipinski definition) is 0. The third kappa shape index (κ3) is 2.24. The van der Waals surface area contributed by atoms with Gasteiger partial charge in [-0.05, 0) is 56.2 Å². The summed E-state index contributed by atoms with van der Waals surface area (Å²) in [6.07, 6.45) is 3.25. The fourth-order valence-corrected chi connectivity index (χ4v) is 5.01. The van der Waals surface area contributed by atoms with Gasteiger partial charge in [-0.3, -0.25) is 9.36 Å². The van der Waals surface area contributed by atoms with Crippen LogP contribution in [-0.2, 0) is 12.8 Å². The molecule has 1 aromatic carbocycles. The SMILES string of the molecule is Cc1ccccc1-n1c(C)nc2sc3c(c2c1=O)CC[C@@H](C)C3. The summed E-state index contributed by atoms with van der Waals surface area (Å²) in [7, 11) is 0. The molecule has 0 saturated carbocycles. The van der Waals surface area contributed by atoms with Gasteiger partial charge in [0.05, 0.1) is 11.1 Å². The molecule has 3 nitrogen and oxygen atoms in total. The molecule has 0 unspecified atom stereocenters. The van der Waals surface area contributed by atoms with Crippen LogP contribution in [0.4, 0.5) is 0 Å². The lowest BCUT2D eigenvalue weighted by atomic mass is 9.89. The smallest absolute Gasteiger partial charge is 0.267 e. The average Bonchev–Trinajstić information content (AvgIpc) is 2.86. The number of nitrogens with zero attached hydrogens (tertiary/aromatic N) is 2. The highest BCUT2D eigenvalue weighted by molar-refractivity contribution is 7.18. The van der Waals surface area contributed by atoms with Gasteiger partial charge in [0.15, 0.2) is 0 Å². The van der Waals surface area contributed by atoms with Gasteiger partial charge >= 0.3 is 0 Å². The minimum Gasteiger partial charge on any atom is -0.268 e. The summed E-state index contributed by atoms with van der Waals surface area (Å²) in [6.45, 7) is 6.25. The molecule has 23 heavy (non-hydrogen) atoms. The quantitative estimate of drug-likeness (QED) is 0.673. The Hall–Kier alpha value is -1.94. The molecule has 0 saturated heterocycles. The number of benzene rings is 1. The number of fused-ring (bicyclic) bond motifs is 3. The Morgan fingerprint density at radius 2 is 2.04 bits per heavy atom. The van der Waals surface area contributed by atoms with Crippen molar-refractivity contribution in [1.82, 2.24) is 9.55 Å². The van der Waals surface area contributed by atoms with E-state index >= 15 is 0 Å². The average molecular weight is 324 g/mol. The van der Waals surface area contributed by atoms with Crippen molar-refractivity contribution in [3.63, 3.8) is 0 Å². The fraction of sp³-hybridized carbons (Fsp3) is 0.368. The van der Waals surface area contributed by atoms with Gasteiger partial charge in [-0.1, -0.05) is 25.1 Å². The number of thiophene rings is 1. The summed E-state index contributed by atoms with van der Waals surface area (Å²) < 4.78 is 1.78. The molecule has 0 amide bonds. The topological polar surface area (TPSA) is 34.9 Å². The summed E-state index contributed by atoms with van der Waals surface area (Å²) >= 11 is 1.72. The van der Waals surface area contributed by atoms with Crippen LogP contribution in [0.5, 0.6) is 0 Å². The Bertz CT molecular complexity index is 967. The third-order valence-corrected chi connectivity index (χ3v) is 6.00. The molecule has 0 N–H and O–H groups in total. The van der Waals surface area contributed by atoms with Crippen molar-refractivity contribution in [1.29, 1.82) is 0 Å². The van der Waals surface area contributed by atoms with Crippen molar-refractivity contribution in [3.8, 4) is 5.69 Å². The predicted octanol–water partition coefficient (Wildman–Crippen LogP) is 4.19. The molecule has 2 heterocycles. The van der Waals surface area contributed by atoms with Crippen molar-refractivity contribution in [3.05, 3.63) is 56.4 Å². The van der Waals surface area contributed by atoms with E-state index in [0.717, 1.165) is 46.6 Å². The minimum atomic E-state index is 0.0915. The Balaban J connectivity index is 2.04. The van der Waals surface area contributed by atoms with Gasteiger partial charge in [0.1, 0.15) is 10.7 Å². The van der Waals surface area contributed by atoms with Gasteiger partial charge in [-0.2, -0.15) is 0 Å². The van der Waals surface area contributed by atoms with Crippen molar-refractivity contribution in [2.75, 3.05) is 0 Å². The lowest BCUT2D eigenvalue weighted by molar-refractivity contribution is 0.509. The molecule has 118 valence electrons. The highest BCUT2D eigenvalue weighted by Crippen LogP contribution is 2.36. The summed E-state index contributed by atoms with van der Waals surface area (Å²) in [5.41, 5.74) is 3.38. The largest absolute Gasteiger partial charge is 0.268 e. The van der Waals surface area contributed by atoms with Crippen LogP contribution in [0.1, 0.15) is 35.2 Å². The fourth-order valence-electron chi connectivity index (χ4n) is 3.59. The van der Waals surface area contributed by atoms with Gasteiger partial charge in [0, 0.05) is 4.88 Å². The monoisotopic (exact) mass is 324 g/mol. The van der Waals surface area contributed by atoms with Crippen LogP contribution in [0.2, 0.25) is 0 Å². The van der Waals surface area contributed by atoms with Gasteiger partial charge in [-0.25, -0.2) is 4.98 Å². The van der Waals surface area contributed by atoms with E-state index in [-0.39, 0.29) is 5.56 Å². The van der Waals surface area contributed by atoms with E-state index in [4.69, 9.17) is 4.98 Å². The first-order valence-electron chi connectivity index (χ1n) is 8.16. The van der Waals surface area contributed by atoms with E-state index in [0.29, 0.717) is 5.92 Å². The molecular weight excluding hydrogens is 304 g/mol. The standard InChI is InChI=1S/C19H20N2OS/c1-11-8-9-14-16(10-11)23-18-17(14)19(22)21(13(3)20-18)15-7-5-4-6-12(15)2/h4-7,11H,8-10H2,1-3H3/t11-/m1/s1. The molecule has 0 aliphatic heterocycles. The van der Waals surface area contributed by atoms with Crippen LogP contribution in [0.25, 0.3) is 15.9 Å². The number of hydrogen-bond acceptors (Lipinski definition) is 3. The van der Waals surface area contributed by atoms with Crippen molar-refractivity contribution in [2.45, 2.75) is 40.0 Å². The van der Waals surface area contributed by atoms with E-state index < -0.39 is 0 Å². The Morgan fingerprint density at radius 3 is 2.83 bits per heavy atom. The first kappa shape index (κ1) is 14.6. The lowest BCUT2D eigenvalue weighted by Crippen LogP contribution is -2.23. The zero-order chi connectivity index (χ0) is 16.1. The van der Waals surface area contributed by atoms with E-state index in [2.05, 4.69) is 6.92 Å². The lowest BCUT2D eigenvalue weighted by Gasteiger charge is -2.18. The highest BCUT2D eigenvalue weighted by atomic mass is 32.1. The van der Waals surface area contributed by atoms with Gasteiger partial charge < -0.3 is 0 Å². The maximum atomic E-state index is 13.2. The number of para-hydroxylation sites is 1. The van der Waals surface area contributed by atoms with Gasteiger partial charge in [0.2, 0.25) is 0 Å². The first-order valence-corrected chi connectivity index (χ1v) is 8.98. The second-order valence-corrected chi connectivity index (χ2v) is 7.70. The van der Waals surface area contributed by atoms with Crippen molar-refractivity contribution in [2.24, 2.45) is 5.92 Å². The third-order valence-electron chi connectivity index (χ3n) is 4.85. The van der Waals surface area contributed by atoms with Gasteiger partial charge in [0.25, 0.3) is 5.56 Å². The Labute approximate surface area is 139 Å². The van der Waals surface area contributed by atoms with Crippen LogP contribution < -0.4 is 5.56 Å². The molecule has 4 rings (SSSR count). The summed E-state index contributed by atoms with van der Waals surface area (Å²) in [5, 5.41) is 0.853. The number of aromatic nitrogens is 2. The van der Waals surface area contributed by atoms with Crippen LogP contribution >= 0.6 is 11.3 Å².